The molecule has 42 valence electrons. The van der Waals surface area contributed by atoms with E-state index >= 15 is 0 Å². The zero-order chi connectivity index (χ0) is 5.98. The van der Waals surface area contributed by atoms with Crippen LogP contribution in [0.15, 0.2) is 10.8 Å². The molecule has 0 N–H and O–H groups in total. The molecule has 1 rings (SSSR count). The Bertz CT molecular complexity index is 180. The maximum Gasteiger partial charge on any atom is 0.183 e. The number of aromatic nitrogens is 2. The van der Waals surface area contributed by atoms with Crippen LogP contribution in [0.2, 0.25) is 0 Å². The first-order valence-corrected chi connectivity index (χ1v) is 2.08. The van der Waals surface area contributed by atoms with E-state index in [0.29, 0.717) is 0 Å². The summed E-state index contributed by atoms with van der Waals surface area (Å²) in [5.74, 6) is -0.133. The lowest BCUT2D eigenvalue weighted by Crippen LogP contribution is -1.90. The molecular formula is C4H4N2O2. The predicted octanol–water partition coefficient (Wildman–Crippen LogP) is 0.272. The van der Waals surface area contributed by atoms with Crippen LogP contribution >= 0.6 is 0 Å². The van der Waals surface area contributed by atoms with Gasteiger partial charge >= 0.3 is 0 Å². The highest BCUT2D eigenvalue weighted by molar-refractivity contribution is 5.91. The molecule has 0 amide bonds. The summed E-state index contributed by atoms with van der Waals surface area (Å²) in [6, 6.07) is 0. The van der Waals surface area contributed by atoms with Gasteiger partial charge in [0.05, 0.1) is 0 Å². The summed E-state index contributed by atoms with van der Waals surface area (Å²) >= 11 is 0. The molecule has 0 bridgehead atoms. The Hall–Kier alpha value is -1.19. The summed E-state index contributed by atoms with van der Waals surface area (Å²) in [6.45, 7) is 1.40. The lowest BCUT2D eigenvalue weighted by atomic mass is 10.4. The van der Waals surface area contributed by atoms with Crippen LogP contribution in [0.3, 0.4) is 0 Å². The number of hydrogen-bond donors (Lipinski definition) is 0. The van der Waals surface area contributed by atoms with Crippen molar-refractivity contribution < 1.29 is 9.32 Å². The van der Waals surface area contributed by atoms with E-state index in [1.807, 2.05) is 0 Å². The highest BCUT2D eigenvalue weighted by atomic mass is 16.5. The molecule has 1 aromatic heterocycles. The lowest BCUT2D eigenvalue weighted by Gasteiger charge is -1.74. The van der Waals surface area contributed by atoms with E-state index in [1.165, 1.54) is 13.2 Å². The van der Waals surface area contributed by atoms with Crippen LogP contribution in [0.25, 0.3) is 0 Å². The Morgan fingerprint density at radius 2 is 2.62 bits per heavy atom. The monoisotopic (exact) mass is 112 g/mol. The standard InChI is InChI=1S/C4H4N2O2/c1-3(7)4-2-8-6-5-4/h2H,1H3. The third-order valence-electron chi connectivity index (χ3n) is 0.721. The van der Waals surface area contributed by atoms with Gasteiger partial charge in [-0.25, -0.2) is 0 Å². The number of carbonyl (C=O) groups is 1. The van der Waals surface area contributed by atoms with Crippen LogP contribution in [0, 0.1) is 0 Å². The number of Topliss-reactive ketones (excluding diaryl/α,β-unsaturated/α-hetero) is 1. The zero-order valence-corrected chi connectivity index (χ0v) is 4.29. The van der Waals surface area contributed by atoms with Gasteiger partial charge in [0.15, 0.2) is 17.7 Å². The molecule has 0 fully saturated rings. The molecule has 1 heterocycles. The van der Waals surface area contributed by atoms with Gasteiger partial charge in [0, 0.05) is 12.2 Å². The average Bonchev–Trinajstić information content (AvgIpc) is 2.12. The highest BCUT2D eigenvalue weighted by Crippen LogP contribution is 1.90. The van der Waals surface area contributed by atoms with Crippen molar-refractivity contribution in [3.63, 3.8) is 0 Å². The van der Waals surface area contributed by atoms with E-state index < -0.39 is 0 Å². The van der Waals surface area contributed by atoms with E-state index in [0.717, 1.165) is 0 Å². The molecule has 4 nitrogen and oxygen atoms in total. The third-order valence-corrected chi connectivity index (χ3v) is 0.721. The molecule has 0 aliphatic carbocycles. The first kappa shape index (κ1) is 4.96. The van der Waals surface area contributed by atoms with Gasteiger partial charge < -0.3 is 4.52 Å². The Balaban J connectivity index is 2.93. The second-order valence-electron chi connectivity index (χ2n) is 1.35. The third kappa shape index (κ3) is 0.726. The van der Waals surface area contributed by atoms with E-state index in [9.17, 15) is 4.79 Å². The zero-order valence-electron chi connectivity index (χ0n) is 4.29. The normalized spacial score (nSPS) is 9.12. The van der Waals surface area contributed by atoms with Crippen molar-refractivity contribution in [2.45, 2.75) is 6.92 Å². The van der Waals surface area contributed by atoms with Crippen molar-refractivity contribution in [3.05, 3.63) is 12.0 Å². The van der Waals surface area contributed by atoms with Crippen molar-refractivity contribution >= 4 is 5.78 Å². The van der Waals surface area contributed by atoms with Gasteiger partial charge in [-0.3, -0.25) is 4.79 Å². The van der Waals surface area contributed by atoms with E-state index in [2.05, 4.69) is 14.9 Å². The fourth-order valence-corrected chi connectivity index (χ4v) is 0.318. The minimum absolute atomic E-state index is 0.133. The molecule has 0 radical (unpaired) electrons. The maximum absolute atomic E-state index is 10.3. The molecule has 0 unspecified atom stereocenters. The van der Waals surface area contributed by atoms with Crippen molar-refractivity contribution in [2.75, 3.05) is 0 Å². The Labute approximate surface area is 45.5 Å². The van der Waals surface area contributed by atoms with Crippen LogP contribution in [-0.2, 0) is 0 Å². The molecule has 0 saturated carbocycles. The SMILES string of the molecule is CC(=O)c1conn1. The largest absolute Gasteiger partial charge is 0.345 e. The summed E-state index contributed by atoms with van der Waals surface area (Å²) < 4.78 is 4.29. The minimum Gasteiger partial charge on any atom is -0.345 e. The van der Waals surface area contributed by atoms with Gasteiger partial charge in [0.1, 0.15) is 0 Å². The van der Waals surface area contributed by atoms with Gasteiger partial charge in [0.25, 0.3) is 0 Å². The molecule has 0 aromatic carbocycles. The smallest absolute Gasteiger partial charge is 0.183 e. The molecule has 8 heavy (non-hydrogen) atoms. The average molecular weight is 112 g/mol. The van der Waals surface area contributed by atoms with Crippen molar-refractivity contribution in [3.8, 4) is 0 Å². The van der Waals surface area contributed by atoms with Crippen LogP contribution < -0.4 is 0 Å². The molecule has 4 heteroatoms. The number of ketones is 1. The van der Waals surface area contributed by atoms with Crippen LogP contribution in [0.5, 0.6) is 0 Å². The summed E-state index contributed by atoms with van der Waals surface area (Å²) in [5, 5.41) is 6.45. The molecule has 0 atom stereocenters. The first-order valence-electron chi connectivity index (χ1n) is 2.08. The highest BCUT2D eigenvalue weighted by Gasteiger charge is 2.00. The van der Waals surface area contributed by atoms with Crippen molar-refractivity contribution in [2.24, 2.45) is 0 Å². The van der Waals surface area contributed by atoms with Gasteiger partial charge in [-0.05, 0) is 0 Å². The predicted molar refractivity (Wildman–Crippen MR) is 24.3 cm³/mol. The topological polar surface area (TPSA) is 56.0 Å². The van der Waals surface area contributed by atoms with Crippen LogP contribution in [0.4, 0.5) is 0 Å². The van der Waals surface area contributed by atoms with Crippen LogP contribution in [0.1, 0.15) is 17.4 Å². The number of hydrogen-bond acceptors (Lipinski definition) is 4. The molecule has 0 aliphatic heterocycles. The number of carbonyl (C=O) groups excluding carboxylic acids is 1. The first-order chi connectivity index (χ1) is 3.80. The Kier molecular flexibility index (Phi) is 1.07. The van der Waals surface area contributed by atoms with Crippen LogP contribution in [-0.4, -0.2) is 16.2 Å². The fourth-order valence-electron chi connectivity index (χ4n) is 0.318. The molecular weight excluding hydrogens is 108 g/mol. The van der Waals surface area contributed by atoms with Crippen molar-refractivity contribution in [1.82, 2.24) is 10.4 Å². The van der Waals surface area contributed by atoms with Gasteiger partial charge in [-0.2, -0.15) is 0 Å². The van der Waals surface area contributed by atoms with Gasteiger partial charge in [0.2, 0.25) is 0 Å². The minimum atomic E-state index is -0.133. The molecule has 0 spiro atoms. The Morgan fingerprint density at radius 3 is 2.88 bits per heavy atom. The van der Waals surface area contributed by atoms with Gasteiger partial charge in [-0.15, -0.1) is 5.10 Å². The summed E-state index contributed by atoms with van der Waals surface area (Å²) in [5.41, 5.74) is 0.269. The quantitative estimate of drug-likeness (QED) is 0.489. The lowest BCUT2D eigenvalue weighted by molar-refractivity contribution is 0.101. The van der Waals surface area contributed by atoms with Crippen molar-refractivity contribution in [1.29, 1.82) is 0 Å². The second kappa shape index (κ2) is 1.73. The van der Waals surface area contributed by atoms with E-state index in [4.69, 9.17) is 0 Å². The molecule has 0 saturated heterocycles. The summed E-state index contributed by atoms with van der Waals surface area (Å²) in [4.78, 5) is 10.3. The van der Waals surface area contributed by atoms with E-state index in [1.54, 1.807) is 0 Å². The van der Waals surface area contributed by atoms with Gasteiger partial charge in [-0.1, -0.05) is 0 Å². The second-order valence-corrected chi connectivity index (χ2v) is 1.35. The maximum atomic E-state index is 10.3. The molecule has 1 aromatic rings. The number of rotatable bonds is 1. The Morgan fingerprint density at radius 1 is 1.88 bits per heavy atom. The summed E-state index contributed by atoms with van der Waals surface area (Å²) in [7, 11) is 0. The number of nitrogens with zero attached hydrogens (tertiary/aromatic N) is 2. The fraction of sp³-hybridized carbons (Fsp3) is 0.250. The summed E-state index contributed by atoms with van der Waals surface area (Å²) in [6.07, 6.45) is 1.21. The molecule has 0 aliphatic rings. The van der Waals surface area contributed by atoms with E-state index in [-0.39, 0.29) is 11.5 Å².